The Balaban J connectivity index is 3.02. The molecule has 0 aromatic heterocycles. The van der Waals surface area contributed by atoms with Gasteiger partial charge in [-0.25, -0.2) is 12.8 Å². The zero-order valence-corrected chi connectivity index (χ0v) is 10.3. The fourth-order valence-electron chi connectivity index (χ4n) is 1.22. The summed E-state index contributed by atoms with van der Waals surface area (Å²) in [6.07, 6.45) is 0. The third-order valence-corrected chi connectivity index (χ3v) is 3.60. The quantitative estimate of drug-likeness (QED) is 0.717. The first-order valence-electron chi connectivity index (χ1n) is 4.88. The molecule has 0 aliphatic heterocycles. The monoisotopic (exact) mass is 277 g/mol. The lowest BCUT2D eigenvalue weighted by Crippen LogP contribution is -2.44. The van der Waals surface area contributed by atoms with Gasteiger partial charge in [-0.15, -0.1) is 0 Å². The predicted molar refractivity (Wildman–Crippen MR) is 59.6 cm³/mol. The highest BCUT2D eigenvalue weighted by molar-refractivity contribution is 7.89. The molecule has 0 radical (unpaired) electrons. The largest absolute Gasteiger partial charge is 0.468 e. The van der Waals surface area contributed by atoms with Crippen LogP contribution in [0, 0.1) is 5.82 Å². The minimum Gasteiger partial charge on any atom is -0.468 e. The normalized spacial score (nSPS) is 13.1. The molecule has 0 saturated heterocycles. The Hall–Kier alpha value is -1.51. The van der Waals surface area contributed by atoms with Gasteiger partial charge in [0.1, 0.15) is 16.8 Å². The van der Waals surface area contributed by atoms with Crippen molar-refractivity contribution < 1.29 is 27.4 Å². The second-order valence-corrected chi connectivity index (χ2v) is 4.99. The van der Waals surface area contributed by atoms with E-state index in [1.807, 2.05) is 4.72 Å². The lowest BCUT2D eigenvalue weighted by molar-refractivity contribution is -0.143. The maximum atomic E-state index is 13.3. The van der Waals surface area contributed by atoms with Gasteiger partial charge in [0.2, 0.25) is 10.0 Å². The lowest BCUT2D eigenvalue weighted by atomic mass is 10.3. The molecule has 0 fully saturated rings. The van der Waals surface area contributed by atoms with E-state index in [1.54, 1.807) is 0 Å². The summed E-state index contributed by atoms with van der Waals surface area (Å²) in [6, 6.07) is 3.21. The van der Waals surface area contributed by atoms with Crippen LogP contribution in [0.3, 0.4) is 0 Å². The number of carbonyl (C=O) groups is 1. The molecule has 0 bridgehead atoms. The molecule has 0 aliphatic carbocycles. The fourth-order valence-corrected chi connectivity index (χ4v) is 2.47. The highest BCUT2D eigenvalue weighted by Gasteiger charge is 2.27. The molecule has 1 aromatic carbocycles. The molecule has 2 N–H and O–H groups in total. The second-order valence-electron chi connectivity index (χ2n) is 3.31. The van der Waals surface area contributed by atoms with Gasteiger partial charge in [-0.3, -0.25) is 4.79 Å². The zero-order valence-electron chi connectivity index (χ0n) is 9.46. The van der Waals surface area contributed by atoms with E-state index in [0.717, 1.165) is 19.2 Å². The molecule has 18 heavy (non-hydrogen) atoms. The van der Waals surface area contributed by atoms with Crippen molar-refractivity contribution in [1.29, 1.82) is 0 Å². The van der Waals surface area contributed by atoms with Crippen molar-refractivity contribution in [3.05, 3.63) is 30.1 Å². The van der Waals surface area contributed by atoms with Gasteiger partial charge in [0.25, 0.3) is 0 Å². The Bertz CT molecular complexity index is 531. The van der Waals surface area contributed by atoms with Gasteiger partial charge in [-0.05, 0) is 12.1 Å². The summed E-state index contributed by atoms with van der Waals surface area (Å²) in [7, 11) is -3.20. The van der Waals surface area contributed by atoms with E-state index >= 15 is 0 Å². The Kier molecular flexibility index (Phi) is 4.76. The number of aliphatic hydroxyl groups is 1. The number of benzene rings is 1. The number of methoxy groups -OCH3 is 1. The number of sulfonamides is 1. The first-order chi connectivity index (χ1) is 8.42. The number of halogens is 1. The molecule has 1 unspecified atom stereocenters. The SMILES string of the molecule is COC(=O)C(CO)NS(=O)(=O)c1ccccc1F. The number of carbonyl (C=O) groups excluding carboxylic acids is 1. The van der Waals surface area contributed by atoms with Crippen LogP contribution in [0.25, 0.3) is 0 Å². The molecular weight excluding hydrogens is 265 g/mol. The Morgan fingerprint density at radius 1 is 1.50 bits per heavy atom. The average molecular weight is 277 g/mol. The van der Waals surface area contributed by atoms with Crippen molar-refractivity contribution >= 4 is 16.0 Å². The molecule has 100 valence electrons. The van der Waals surface area contributed by atoms with Gasteiger partial charge in [0.05, 0.1) is 13.7 Å². The summed E-state index contributed by atoms with van der Waals surface area (Å²) in [6.45, 7) is -0.791. The van der Waals surface area contributed by atoms with Crippen molar-refractivity contribution in [2.45, 2.75) is 10.9 Å². The zero-order chi connectivity index (χ0) is 13.8. The minimum absolute atomic E-state index is 0.604. The summed E-state index contributed by atoms with van der Waals surface area (Å²) in [5.74, 6) is -1.91. The molecule has 1 aromatic rings. The molecule has 0 heterocycles. The van der Waals surface area contributed by atoms with E-state index in [4.69, 9.17) is 5.11 Å². The van der Waals surface area contributed by atoms with Gasteiger partial charge >= 0.3 is 5.97 Å². The number of hydrogen-bond donors (Lipinski definition) is 2. The van der Waals surface area contributed by atoms with Crippen LogP contribution in [-0.4, -0.2) is 39.3 Å². The van der Waals surface area contributed by atoms with Crippen LogP contribution in [0.15, 0.2) is 29.2 Å². The van der Waals surface area contributed by atoms with Crippen molar-refractivity contribution in [3.63, 3.8) is 0 Å². The first kappa shape index (κ1) is 14.6. The summed E-state index contributed by atoms with van der Waals surface area (Å²) in [4.78, 5) is 10.5. The smallest absolute Gasteiger partial charge is 0.326 e. The van der Waals surface area contributed by atoms with Crippen molar-refractivity contribution in [3.8, 4) is 0 Å². The van der Waals surface area contributed by atoms with E-state index < -0.39 is 39.4 Å². The molecule has 0 amide bonds. The number of esters is 1. The van der Waals surface area contributed by atoms with Crippen LogP contribution in [0.1, 0.15) is 0 Å². The topological polar surface area (TPSA) is 92.7 Å². The highest BCUT2D eigenvalue weighted by atomic mass is 32.2. The second kappa shape index (κ2) is 5.89. The van der Waals surface area contributed by atoms with Crippen LogP contribution in [-0.2, 0) is 19.6 Å². The van der Waals surface area contributed by atoms with Crippen LogP contribution in [0.4, 0.5) is 4.39 Å². The molecule has 0 saturated carbocycles. The number of hydrogen-bond acceptors (Lipinski definition) is 5. The molecule has 6 nitrogen and oxygen atoms in total. The van der Waals surface area contributed by atoms with E-state index in [9.17, 15) is 17.6 Å². The third kappa shape index (κ3) is 3.25. The van der Waals surface area contributed by atoms with E-state index in [1.165, 1.54) is 12.1 Å². The van der Waals surface area contributed by atoms with Crippen LogP contribution < -0.4 is 4.72 Å². The Morgan fingerprint density at radius 2 is 2.11 bits per heavy atom. The molecule has 8 heteroatoms. The van der Waals surface area contributed by atoms with Crippen molar-refractivity contribution in [2.75, 3.05) is 13.7 Å². The molecular formula is C10H12FNO5S. The highest BCUT2D eigenvalue weighted by Crippen LogP contribution is 2.13. The Morgan fingerprint density at radius 3 is 2.61 bits per heavy atom. The molecule has 1 rings (SSSR count). The van der Waals surface area contributed by atoms with Gasteiger partial charge < -0.3 is 9.84 Å². The number of rotatable bonds is 5. The van der Waals surface area contributed by atoms with Gasteiger partial charge in [-0.2, -0.15) is 4.72 Å². The van der Waals surface area contributed by atoms with Gasteiger partial charge in [0, 0.05) is 0 Å². The number of aliphatic hydroxyl groups excluding tert-OH is 1. The van der Waals surface area contributed by atoms with E-state index in [2.05, 4.69) is 4.74 Å². The van der Waals surface area contributed by atoms with Gasteiger partial charge in [0.15, 0.2) is 0 Å². The predicted octanol–water partition coefficient (Wildman–Crippen LogP) is -0.362. The summed E-state index contributed by atoms with van der Waals surface area (Å²) >= 11 is 0. The molecule has 0 spiro atoms. The first-order valence-corrected chi connectivity index (χ1v) is 6.36. The number of nitrogens with one attached hydrogen (secondary N) is 1. The van der Waals surface area contributed by atoms with Gasteiger partial charge in [-0.1, -0.05) is 12.1 Å². The minimum atomic E-state index is -4.24. The maximum absolute atomic E-state index is 13.3. The number of ether oxygens (including phenoxy) is 1. The Labute approximate surface area is 103 Å². The van der Waals surface area contributed by atoms with Crippen LogP contribution >= 0.6 is 0 Å². The third-order valence-electron chi connectivity index (χ3n) is 2.09. The summed E-state index contributed by atoms with van der Waals surface area (Å²) in [5.41, 5.74) is 0. The molecule has 1 atom stereocenters. The van der Waals surface area contributed by atoms with Crippen molar-refractivity contribution in [1.82, 2.24) is 4.72 Å². The fraction of sp³-hybridized carbons (Fsp3) is 0.300. The summed E-state index contributed by atoms with van der Waals surface area (Å²) < 4.78 is 43.0. The van der Waals surface area contributed by atoms with Crippen LogP contribution in [0.5, 0.6) is 0 Å². The van der Waals surface area contributed by atoms with Crippen LogP contribution in [0.2, 0.25) is 0 Å². The van der Waals surface area contributed by atoms with E-state index in [0.29, 0.717) is 0 Å². The maximum Gasteiger partial charge on any atom is 0.326 e. The van der Waals surface area contributed by atoms with Crippen molar-refractivity contribution in [2.24, 2.45) is 0 Å². The van der Waals surface area contributed by atoms with E-state index in [-0.39, 0.29) is 0 Å². The lowest BCUT2D eigenvalue weighted by Gasteiger charge is -2.14. The molecule has 0 aliphatic rings. The standard InChI is InChI=1S/C10H12FNO5S/c1-17-10(14)8(6-13)12-18(15,16)9-5-3-2-4-7(9)11/h2-5,8,12-13H,6H2,1H3. The summed E-state index contributed by atoms with van der Waals surface area (Å²) in [5, 5.41) is 8.89. The average Bonchev–Trinajstić information content (AvgIpc) is 2.35.